The highest BCUT2D eigenvalue weighted by Gasteiger charge is 2.45. The number of hydrogen-bond donors (Lipinski definition) is 7. The van der Waals surface area contributed by atoms with Crippen molar-refractivity contribution in [3.05, 3.63) is 126 Å². The molecular formula is C46H54N12O5. The topological polar surface area (TPSA) is 220 Å². The summed E-state index contributed by atoms with van der Waals surface area (Å²) >= 11 is 0. The fourth-order valence-corrected chi connectivity index (χ4v) is 9.38. The van der Waals surface area contributed by atoms with Crippen LogP contribution in [-0.2, 0) is 6.61 Å². The average Bonchev–Trinajstić information content (AvgIpc) is 4.05. The molecule has 2 aliphatic carbocycles. The summed E-state index contributed by atoms with van der Waals surface area (Å²) in [6, 6.07) is 24.8. The van der Waals surface area contributed by atoms with E-state index in [2.05, 4.69) is 60.5 Å². The number of nitrogens with zero attached hydrogens (tertiary/aromatic N) is 8. The first kappa shape index (κ1) is 41.9. The summed E-state index contributed by atoms with van der Waals surface area (Å²) in [5.41, 5.74) is 3.56. The van der Waals surface area contributed by atoms with Crippen molar-refractivity contribution in [2.45, 2.75) is 99.9 Å². The first-order valence-corrected chi connectivity index (χ1v) is 21.9. The number of imidazole rings is 1. The number of carbonyl (C=O) groups is 2. The number of carbonyl (C=O) groups excluding carboxylic acids is 2. The van der Waals surface area contributed by atoms with Gasteiger partial charge in [-0.25, -0.2) is 24.7 Å². The van der Waals surface area contributed by atoms with Crippen LogP contribution in [0, 0.1) is 0 Å². The third-order valence-corrected chi connectivity index (χ3v) is 12.9. The Bertz CT molecular complexity index is 2410. The monoisotopic (exact) mass is 854 g/mol. The minimum absolute atomic E-state index is 0.0133. The molecule has 1 saturated heterocycles. The number of pyridine rings is 1. The van der Waals surface area contributed by atoms with Crippen LogP contribution in [0.1, 0.15) is 90.3 Å². The lowest BCUT2D eigenvalue weighted by Crippen LogP contribution is -2.51. The first-order valence-electron chi connectivity index (χ1n) is 21.9. The highest BCUT2D eigenvalue weighted by Crippen LogP contribution is 2.40. The van der Waals surface area contributed by atoms with E-state index in [4.69, 9.17) is 15.0 Å². The summed E-state index contributed by atoms with van der Waals surface area (Å²) in [5, 5.41) is 49.6. The maximum atomic E-state index is 14.1. The van der Waals surface area contributed by atoms with E-state index < -0.39 is 30.2 Å². The molecule has 0 radical (unpaired) electrons. The van der Waals surface area contributed by atoms with E-state index in [1.807, 2.05) is 54.6 Å². The second kappa shape index (κ2) is 18.9. The quantitative estimate of drug-likeness (QED) is 0.0875. The number of aromatic nitrogens is 7. The second-order valence-corrected chi connectivity index (χ2v) is 16.9. The van der Waals surface area contributed by atoms with Gasteiger partial charge in [-0.15, -0.1) is 0 Å². The summed E-state index contributed by atoms with van der Waals surface area (Å²) in [4.78, 5) is 48.1. The minimum atomic E-state index is -1.20. The molecule has 3 aliphatic rings. The second-order valence-electron chi connectivity index (χ2n) is 16.9. The van der Waals surface area contributed by atoms with E-state index in [9.17, 15) is 24.9 Å². The molecule has 63 heavy (non-hydrogen) atoms. The minimum Gasteiger partial charge on any atom is -0.392 e. The lowest BCUT2D eigenvalue weighted by Gasteiger charge is -2.34. The van der Waals surface area contributed by atoms with E-state index in [1.54, 1.807) is 28.0 Å². The first-order chi connectivity index (χ1) is 30.8. The maximum absolute atomic E-state index is 14.1. The molecule has 7 N–H and O–H groups in total. The average molecular weight is 855 g/mol. The van der Waals surface area contributed by atoms with E-state index in [0.29, 0.717) is 61.2 Å². The van der Waals surface area contributed by atoms with Crippen molar-refractivity contribution >= 4 is 34.7 Å². The molecule has 328 valence electrons. The van der Waals surface area contributed by atoms with E-state index in [1.165, 1.54) is 6.20 Å². The molecule has 2 saturated carbocycles. The van der Waals surface area contributed by atoms with Crippen LogP contribution in [0.2, 0.25) is 0 Å². The standard InChI is InChI=1S/C46H54N12O5/c59-27-29-24-50-58(26-29)37-23-36(40(60)41(37)61)57-28-49-39-42(48-25-35(30-9-3-1-4-10-30)31-11-5-2-6-12-31)54-43(55-44(39)57)45(62)51-32-14-16-33(17-15-32)52-46(63)53-34-18-21-56(22-19-34)38-13-7-8-20-47-38/h1-13,20,24,26,28,32-37,40-41,59-61H,14-19,21-23,25,27H2,(H,51,62)(H,48,54,55)(H2,52,53,63)/t32?,33?,36-,37+,40+,41-/m1/s1. The van der Waals surface area contributed by atoms with Crippen LogP contribution in [0.25, 0.3) is 11.2 Å². The number of urea groups is 1. The van der Waals surface area contributed by atoms with Crippen molar-refractivity contribution in [1.29, 1.82) is 0 Å². The van der Waals surface area contributed by atoms with Gasteiger partial charge in [0.2, 0.25) is 5.82 Å². The van der Waals surface area contributed by atoms with Gasteiger partial charge in [-0.2, -0.15) is 5.10 Å². The number of nitrogens with one attached hydrogen (secondary N) is 4. The van der Waals surface area contributed by atoms with Crippen LogP contribution in [0.4, 0.5) is 16.4 Å². The number of piperidine rings is 1. The highest BCUT2D eigenvalue weighted by atomic mass is 16.3. The predicted molar refractivity (Wildman–Crippen MR) is 236 cm³/mol. The maximum Gasteiger partial charge on any atom is 0.315 e. The van der Waals surface area contributed by atoms with Gasteiger partial charge in [-0.05, 0) is 68.2 Å². The summed E-state index contributed by atoms with van der Waals surface area (Å²) in [5.74, 6) is 0.768. The van der Waals surface area contributed by atoms with Gasteiger partial charge in [0, 0.05) is 61.6 Å². The Balaban J connectivity index is 0.893. The van der Waals surface area contributed by atoms with Crippen LogP contribution in [0.3, 0.4) is 0 Å². The van der Waals surface area contributed by atoms with Crippen molar-refractivity contribution in [2.75, 3.05) is 29.9 Å². The Morgan fingerprint density at radius 1 is 0.746 bits per heavy atom. The zero-order valence-corrected chi connectivity index (χ0v) is 34.9. The summed E-state index contributed by atoms with van der Waals surface area (Å²) < 4.78 is 3.28. The van der Waals surface area contributed by atoms with Crippen molar-refractivity contribution in [2.24, 2.45) is 0 Å². The van der Waals surface area contributed by atoms with Crippen molar-refractivity contribution in [3.8, 4) is 0 Å². The molecule has 4 aromatic heterocycles. The van der Waals surface area contributed by atoms with E-state index in [-0.39, 0.29) is 42.5 Å². The molecule has 1 aliphatic heterocycles. The Kier molecular flexibility index (Phi) is 12.6. The fourth-order valence-electron chi connectivity index (χ4n) is 9.38. The largest absolute Gasteiger partial charge is 0.392 e. The van der Waals surface area contributed by atoms with Crippen LogP contribution in [0.5, 0.6) is 0 Å². The molecule has 0 spiro atoms. The third-order valence-electron chi connectivity index (χ3n) is 12.9. The van der Waals surface area contributed by atoms with Crippen LogP contribution < -0.4 is 26.2 Å². The molecule has 2 aromatic carbocycles. The molecule has 3 amide bonds. The molecule has 5 heterocycles. The molecule has 0 bridgehead atoms. The highest BCUT2D eigenvalue weighted by molar-refractivity contribution is 5.94. The summed E-state index contributed by atoms with van der Waals surface area (Å²) in [6.45, 7) is 1.90. The summed E-state index contributed by atoms with van der Waals surface area (Å²) in [6.07, 6.45) is 8.91. The number of anilines is 2. The van der Waals surface area contributed by atoms with Gasteiger partial charge in [0.1, 0.15) is 23.5 Å². The number of hydrogen-bond acceptors (Lipinski definition) is 12. The lowest BCUT2D eigenvalue weighted by molar-refractivity contribution is 0.00720. The molecule has 17 nitrogen and oxygen atoms in total. The number of amides is 3. The molecule has 17 heteroatoms. The number of benzene rings is 2. The fraction of sp³-hybridized carbons (Fsp3) is 0.413. The molecule has 3 fully saturated rings. The molecular weight excluding hydrogens is 801 g/mol. The van der Waals surface area contributed by atoms with E-state index >= 15 is 0 Å². The normalized spacial score (nSPS) is 22.9. The van der Waals surface area contributed by atoms with Gasteiger partial charge < -0.3 is 46.1 Å². The lowest BCUT2D eigenvalue weighted by atomic mass is 9.91. The van der Waals surface area contributed by atoms with Gasteiger partial charge in [-0.3, -0.25) is 9.48 Å². The third kappa shape index (κ3) is 9.35. The van der Waals surface area contributed by atoms with Gasteiger partial charge >= 0.3 is 6.03 Å². The molecule has 0 unspecified atom stereocenters. The number of aliphatic hydroxyl groups is 3. The van der Waals surface area contributed by atoms with Crippen LogP contribution in [0.15, 0.2) is 104 Å². The van der Waals surface area contributed by atoms with Gasteiger partial charge in [0.25, 0.3) is 5.91 Å². The van der Waals surface area contributed by atoms with E-state index in [0.717, 1.165) is 42.9 Å². The zero-order valence-electron chi connectivity index (χ0n) is 34.9. The van der Waals surface area contributed by atoms with Gasteiger partial charge in [-0.1, -0.05) is 66.7 Å². The van der Waals surface area contributed by atoms with Crippen LogP contribution >= 0.6 is 0 Å². The molecule has 9 rings (SSSR count). The zero-order chi connectivity index (χ0) is 43.3. The number of fused-ring (bicyclic) bond motifs is 1. The Morgan fingerprint density at radius 2 is 1.38 bits per heavy atom. The smallest absolute Gasteiger partial charge is 0.315 e. The molecule has 6 aromatic rings. The van der Waals surface area contributed by atoms with Crippen LogP contribution in [-0.4, -0.2) is 112 Å². The SMILES string of the molecule is O=C(NC1CCC(NC(=O)c2nc(NCC(c3ccccc3)c3ccccc3)c3ncn([C@@H]4C[C@H](n5cc(CO)cn5)[C@@H](O)[C@H]4O)c3n2)CC1)NC1CCN(c2ccccn2)CC1. The molecule has 4 atom stereocenters. The van der Waals surface area contributed by atoms with Gasteiger partial charge in [0.15, 0.2) is 11.5 Å². The van der Waals surface area contributed by atoms with Gasteiger partial charge in [0.05, 0.1) is 31.2 Å². The Labute approximate surface area is 365 Å². The Hall–Kier alpha value is -6.43. The Morgan fingerprint density at radius 3 is 2.02 bits per heavy atom. The number of aliphatic hydroxyl groups excluding tert-OH is 3. The number of rotatable bonds is 13. The summed E-state index contributed by atoms with van der Waals surface area (Å²) in [7, 11) is 0. The van der Waals surface area contributed by atoms with Crippen molar-refractivity contribution < 1.29 is 24.9 Å². The van der Waals surface area contributed by atoms with Crippen molar-refractivity contribution in [3.63, 3.8) is 0 Å². The predicted octanol–water partition coefficient (Wildman–Crippen LogP) is 4.07. The van der Waals surface area contributed by atoms with Crippen molar-refractivity contribution in [1.82, 2.24) is 50.2 Å².